The van der Waals surface area contributed by atoms with Crippen molar-refractivity contribution in [3.05, 3.63) is 30.3 Å². The average molecular weight is 190 g/mol. The Bertz CT molecular complexity index is 466. The number of anilines is 2. The van der Waals surface area contributed by atoms with E-state index in [9.17, 15) is 0 Å². The molecule has 0 bridgehead atoms. The van der Waals surface area contributed by atoms with Crippen molar-refractivity contribution >= 4 is 34.8 Å². The molecule has 0 aliphatic rings. The van der Waals surface area contributed by atoms with E-state index in [1.165, 1.54) is 0 Å². The zero-order valence-electron chi connectivity index (χ0n) is 6.99. The lowest BCUT2D eigenvalue weighted by Crippen LogP contribution is -1.91. The van der Waals surface area contributed by atoms with Gasteiger partial charge in [0, 0.05) is 27.0 Å². The first-order valence-corrected chi connectivity index (χ1v) is 4.40. The fourth-order valence-corrected chi connectivity index (χ4v) is 1.59. The molecule has 0 saturated heterocycles. The van der Waals surface area contributed by atoms with Gasteiger partial charge in [0.1, 0.15) is 0 Å². The molecule has 0 heterocycles. The molecule has 0 saturated carbocycles. The summed E-state index contributed by atoms with van der Waals surface area (Å²) < 4.78 is 0. The Hall–Kier alpha value is -1.35. The minimum Gasteiger partial charge on any atom is -0.398 e. The highest BCUT2D eigenvalue weighted by Crippen LogP contribution is 2.28. The zero-order chi connectivity index (χ0) is 9.42. The van der Waals surface area contributed by atoms with E-state index in [0.717, 1.165) is 27.0 Å². The Labute approximate surface area is 81.9 Å². The Morgan fingerprint density at radius 2 is 1.46 bits per heavy atom. The van der Waals surface area contributed by atoms with Crippen LogP contribution in [-0.4, -0.2) is 0 Å². The fourth-order valence-electron chi connectivity index (χ4n) is 1.38. The van der Waals surface area contributed by atoms with E-state index >= 15 is 0 Å². The van der Waals surface area contributed by atoms with Gasteiger partial charge in [0.15, 0.2) is 0 Å². The van der Waals surface area contributed by atoms with Crippen molar-refractivity contribution in [3.63, 3.8) is 0 Å². The summed E-state index contributed by atoms with van der Waals surface area (Å²) in [5, 5.41) is 1.95. The molecule has 0 fully saturated rings. The summed E-state index contributed by atoms with van der Waals surface area (Å²) in [4.78, 5) is 0.893. The fraction of sp³-hybridized carbons (Fsp3) is 0. The first-order valence-electron chi connectivity index (χ1n) is 3.95. The molecule has 0 aromatic heterocycles. The normalized spacial score (nSPS) is 10.5. The predicted octanol–water partition coefficient (Wildman–Crippen LogP) is 2.29. The van der Waals surface area contributed by atoms with Gasteiger partial charge >= 0.3 is 0 Å². The maximum atomic E-state index is 5.80. The third-order valence-corrected chi connectivity index (χ3v) is 2.35. The van der Waals surface area contributed by atoms with Crippen LogP contribution < -0.4 is 11.5 Å². The van der Waals surface area contributed by atoms with E-state index < -0.39 is 0 Å². The van der Waals surface area contributed by atoms with Gasteiger partial charge in [0.25, 0.3) is 0 Å². The van der Waals surface area contributed by atoms with Gasteiger partial charge in [-0.25, -0.2) is 0 Å². The van der Waals surface area contributed by atoms with Crippen molar-refractivity contribution in [2.24, 2.45) is 0 Å². The Kier molecular flexibility index (Phi) is 1.81. The smallest absolute Gasteiger partial charge is 0.0395 e. The van der Waals surface area contributed by atoms with Gasteiger partial charge < -0.3 is 11.5 Å². The zero-order valence-corrected chi connectivity index (χ0v) is 7.88. The van der Waals surface area contributed by atoms with Gasteiger partial charge in [-0.05, 0) is 24.3 Å². The number of fused-ring (bicyclic) bond motifs is 1. The van der Waals surface area contributed by atoms with Gasteiger partial charge in [-0.2, -0.15) is 0 Å². The maximum Gasteiger partial charge on any atom is 0.0395 e. The number of hydrogen-bond donors (Lipinski definition) is 3. The number of hydrogen-bond acceptors (Lipinski definition) is 3. The maximum absolute atomic E-state index is 5.80. The molecule has 0 aliphatic carbocycles. The molecule has 3 heteroatoms. The van der Waals surface area contributed by atoms with Gasteiger partial charge in [-0.1, -0.05) is 6.07 Å². The molecule has 4 N–H and O–H groups in total. The molecule has 0 aliphatic heterocycles. The average Bonchev–Trinajstić information content (AvgIpc) is 2.12. The lowest BCUT2D eigenvalue weighted by atomic mass is 10.1. The SMILES string of the molecule is Nc1ccc(N)c2cc(S)ccc12. The highest BCUT2D eigenvalue weighted by Gasteiger charge is 2.00. The van der Waals surface area contributed by atoms with Crippen LogP contribution in [0.3, 0.4) is 0 Å². The second-order valence-electron chi connectivity index (χ2n) is 2.97. The van der Waals surface area contributed by atoms with Crippen LogP contribution in [0.2, 0.25) is 0 Å². The largest absolute Gasteiger partial charge is 0.398 e. The minimum absolute atomic E-state index is 0.736. The van der Waals surface area contributed by atoms with Crippen LogP contribution >= 0.6 is 12.6 Å². The number of nitrogen functional groups attached to an aromatic ring is 2. The van der Waals surface area contributed by atoms with Crippen molar-refractivity contribution in [3.8, 4) is 0 Å². The van der Waals surface area contributed by atoms with Crippen LogP contribution in [0.15, 0.2) is 35.2 Å². The molecule has 2 nitrogen and oxygen atoms in total. The van der Waals surface area contributed by atoms with Crippen molar-refractivity contribution in [2.75, 3.05) is 11.5 Å². The van der Waals surface area contributed by atoms with Crippen molar-refractivity contribution in [1.82, 2.24) is 0 Å². The van der Waals surface area contributed by atoms with E-state index in [1.807, 2.05) is 30.3 Å². The first-order chi connectivity index (χ1) is 6.18. The summed E-state index contributed by atoms with van der Waals surface area (Å²) in [7, 11) is 0. The summed E-state index contributed by atoms with van der Waals surface area (Å²) >= 11 is 4.25. The molecule has 2 aromatic carbocycles. The summed E-state index contributed by atoms with van der Waals surface area (Å²) in [6.45, 7) is 0. The van der Waals surface area contributed by atoms with E-state index in [2.05, 4.69) is 12.6 Å². The molecule has 0 spiro atoms. The predicted molar refractivity (Wildman–Crippen MR) is 60.0 cm³/mol. The highest BCUT2D eigenvalue weighted by atomic mass is 32.1. The quantitative estimate of drug-likeness (QED) is 0.441. The van der Waals surface area contributed by atoms with Crippen LogP contribution in [0.4, 0.5) is 11.4 Å². The van der Waals surface area contributed by atoms with E-state index in [0.29, 0.717) is 0 Å². The van der Waals surface area contributed by atoms with Gasteiger partial charge in [-0.3, -0.25) is 0 Å². The Morgan fingerprint density at radius 1 is 0.846 bits per heavy atom. The number of nitrogens with two attached hydrogens (primary N) is 2. The lowest BCUT2D eigenvalue weighted by molar-refractivity contribution is 1.52. The Morgan fingerprint density at radius 3 is 2.15 bits per heavy atom. The summed E-state index contributed by atoms with van der Waals surface area (Å²) in [5.41, 5.74) is 13.1. The summed E-state index contributed by atoms with van der Waals surface area (Å²) in [6.07, 6.45) is 0. The molecular weight excluding hydrogens is 180 g/mol. The van der Waals surface area contributed by atoms with Crippen LogP contribution in [-0.2, 0) is 0 Å². The topological polar surface area (TPSA) is 52.0 Å². The third kappa shape index (κ3) is 1.31. The molecule has 0 amide bonds. The van der Waals surface area contributed by atoms with Gasteiger partial charge in [0.05, 0.1) is 0 Å². The molecule has 0 atom stereocenters. The molecule has 13 heavy (non-hydrogen) atoms. The minimum atomic E-state index is 0.736. The number of rotatable bonds is 0. The first kappa shape index (κ1) is 8.26. The monoisotopic (exact) mass is 190 g/mol. The van der Waals surface area contributed by atoms with E-state index in [-0.39, 0.29) is 0 Å². The second-order valence-corrected chi connectivity index (χ2v) is 3.49. The van der Waals surface area contributed by atoms with Crippen LogP contribution in [0.5, 0.6) is 0 Å². The molecule has 2 aromatic rings. The Balaban J connectivity index is 2.92. The van der Waals surface area contributed by atoms with Crippen molar-refractivity contribution < 1.29 is 0 Å². The molecule has 2 rings (SSSR count). The van der Waals surface area contributed by atoms with Crippen molar-refractivity contribution in [2.45, 2.75) is 4.90 Å². The van der Waals surface area contributed by atoms with Crippen molar-refractivity contribution in [1.29, 1.82) is 0 Å². The van der Waals surface area contributed by atoms with Crippen LogP contribution in [0, 0.1) is 0 Å². The second kappa shape index (κ2) is 2.85. The standard InChI is InChI=1S/C10H10N2S/c11-9-3-4-10(12)8-5-6(13)1-2-7(8)9/h1-5,13H,11-12H2. The molecule has 0 radical (unpaired) electrons. The highest BCUT2D eigenvalue weighted by molar-refractivity contribution is 7.80. The summed E-state index contributed by atoms with van der Waals surface area (Å²) in [5.74, 6) is 0. The van der Waals surface area contributed by atoms with Crippen LogP contribution in [0.25, 0.3) is 10.8 Å². The van der Waals surface area contributed by atoms with Crippen LogP contribution in [0.1, 0.15) is 0 Å². The third-order valence-electron chi connectivity index (χ3n) is 2.07. The molecule has 0 unspecified atom stereocenters. The van der Waals surface area contributed by atoms with Gasteiger partial charge in [-0.15, -0.1) is 12.6 Å². The summed E-state index contributed by atoms with van der Waals surface area (Å²) in [6, 6.07) is 9.38. The molecular formula is C10H10N2S. The lowest BCUT2D eigenvalue weighted by Gasteiger charge is -2.05. The van der Waals surface area contributed by atoms with E-state index in [4.69, 9.17) is 11.5 Å². The number of thiol groups is 1. The number of benzene rings is 2. The van der Waals surface area contributed by atoms with Gasteiger partial charge in [0.2, 0.25) is 0 Å². The van der Waals surface area contributed by atoms with E-state index in [1.54, 1.807) is 0 Å². The molecule has 66 valence electrons.